The highest BCUT2D eigenvalue weighted by molar-refractivity contribution is 9.10. The van der Waals surface area contributed by atoms with Crippen LogP contribution in [0.25, 0.3) is 0 Å². The van der Waals surface area contributed by atoms with Crippen LogP contribution >= 0.6 is 31.9 Å². The number of rotatable bonds is 4. The Hall–Kier alpha value is -1.00. The number of anilines is 1. The van der Waals surface area contributed by atoms with E-state index in [0.29, 0.717) is 0 Å². The molecule has 0 radical (unpaired) electrons. The first-order valence-corrected chi connectivity index (χ1v) is 7.51. The van der Waals surface area contributed by atoms with Gasteiger partial charge in [-0.1, -0.05) is 28.1 Å². The monoisotopic (exact) mass is 383 g/mol. The van der Waals surface area contributed by atoms with Crippen LogP contribution in [0.2, 0.25) is 0 Å². The first kappa shape index (κ1) is 14.4. The van der Waals surface area contributed by atoms with Crippen molar-refractivity contribution < 1.29 is 4.74 Å². The average molecular weight is 385 g/mol. The van der Waals surface area contributed by atoms with Crippen LogP contribution in [0.4, 0.5) is 5.69 Å². The molecule has 0 heterocycles. The summed E-state index contributed by atoms with van der Waals surface area (Å²) in [4.78, 5) is 0. The molecule has 0 saturated carbocycles. The predicted octanol–water partition coefficient (Wildman–Crippen LogP) is 5.14. The number of methoxy groups -OCH3 is 1. The lowest BCUT2D eigenvalue weighted by Gasteiger charge is -2.11. The van der Waals surface area contributed by atoms with Crippen molar-refractivity contribution in [3.8, 4) is 5.75 Å². The molecule has 0 aliphatic heterocycles. The SMILES string of the molecule is COc1ccc(Br)c(NCc2ccc(Br)c(C)c2)c1. The van der Waals surface area contributed by atoms with Crippen LogP contribution in [0, 0.1) is 6.92 Å². The van der Waals surface area contributed by atoms with E-state index in [1.54, 1.807) is 7.11 Å². The van der Waals surface area contributed by atoms with Crippen molar-refractivity contribution in [3.05, 3.63) is 56.5 Å². The third kappa shape index (κ3) is 3.74. The van der Waals surface area contributed by atoms with Gasteiger partial charge in [0.1, 0.15) is 5.75 Å². The maximum absolute atomic E-state index is 5.23. The van der Waals surface area contributed by atoms with Crippen molar-refractivity contribution in [2.24, 2.45) is 0 Å². The molecule has 0 bridgehead atoms. The van der Waals surface area contributed by atoms with Gasteiger partial charge in [-0.15, -0.1) is 0 Å². The number of aryl methyl sites for hydroxylation is 1. The Morgan fingerprint density at radius 1 is 1.05 bits per heavy atom. The van der Waals surface area contributed by atoms with Gasteiger partial charge < -0.3 is 10.1 Å². The molecule has 2 nitrogen and oxygen atoms in total. The maximum atomic E-state index is 5.23. The highest BCUT2D eigenvalue weighted by Gasteiger charge is 2.03. The second-order valence-corrected chi connectivity index (χ2v) is 5.99. The smallest absolute Gasteiger partial charge is 0.121 e. The lowest BCUT2D eigenvalue weighted by Crippen LogP contribution is -2.00. The molecule has 2 aromatic rings. The van der Waals surface area contributed by atoms with E-state index in [0.717, 1.165) is 26.9 Å². The van der Waals surface area contributed by atoms with Gasteiger partial charge in [0, 0.05) is 21.6 Å². The second-order valence-electron chi connectivity index (χ2n) is 4.28. The molecule has 19 heavy (non-hydrogen) atoms. The Bertz CT molecular complexity index is 584. The van der Waals surface area contributed by atoms with Gasteiger partial charge in [-0.05, 0) is 52.2 Å². The van der Waals surface area contributed by atoms with E-state index in [1.165, 1.54) is 11.1 Å². The molecule has 2 rings (SSSR count). The summed E-state index contributed by atoms with van der Waals surface area (Å²) in [6.45, 7) is 2.87. The molecular formula is C15H15Br2NO. The highest BCUT2D eigenvalue weighted by Crippen LogP contribution is 2.27. The molecule has 0 aromatic heterocycles. The van der Waals surface area contributed by atoms with Crippen molar-refractivity contribution in [1.29, 1.82) is 0 Å². The minimum Gasteiger partial charge on any atom is -0.497 e. The van der Waals surface area contributed by atoms with Crippen LogP contribution in [-0.4, -0.2) is 7.11 Å². The topological polar surface area (TPSA) is 21.3 Å². The highest BCUT2D eigenvalue weighted by atomic mass is 79.9. The molecular weight excluding hydrogens is 370 g/mol. The van der Waals surface area contributed by atoms with Crippen molar-refractivity contribution >= 4 is 37.5 Å². The third-order valence-electron chi connectivity index (χ3n) is 2.88. The quantitative estimate of drug-likeness (QED) is 0.787. The number of halogens is 2. The van der Waals surface area contributed by atoms with Crippen LogP contribution in [-0.2, 0) is 6.54 Å². The zero-order valence-electron chi connectivity index (χ0n) is 10.8. The van der Waals surface area contributed by atoms with Crippen molar-refractivity contribution in [2.45, 2.75) is 13.5 Å². The standard InChI is InChI=1S/C15H15Br2NO/c1-10-7-11(3-5-13(10)16)9-18-15-8-12(19-2)4-6-14(15)17/h3-8,18H,9H2,1-2H3. The zero-order chi connectivity index (χ0) is 13.8. The molecule has 0 aliphatic rings. The summed E-state index contributed by atoms with van der Waals surface area (Å²) in [6.07, 6.45) is 0. The van der Waals surface area contributed by atoms with Gasteiger partial charge in [-0.2, -0.15) is 0 Å². The molecule has 4 heteroatoms. The largest absolute Gasteiger partial charge is 0.497 e. The molecule has 100 valence electrons. The molecule has 1 N–H and O–H groups in total. The number of hydrogen-bond acceptors (Lipinski definition) is 2. The van der Waals surface area contributed by atoms with E-state index in [1.807, 2.05) is 18.2 Å². The Balaban J connectivity index is 2.11. The Labute approximate surface area is 130 Å². The minimum absolute atomic E-state index is 0.778. The number of hydrogen-bond donors (Lipinski definition) is 1. The average Bonchev–Trinajstić information content (AvgIpc) is 2.41. The Kier molecular flexibility index (Phi) is 4.88. The summed E-state index contributed by atoms with van der Waals surface area (Å²) < 4.78 is 7.40. The summed E-state index contributed by atoms with van der Waals surface area (Å²) in [5, 5.41) is 3.41. The van der Waals surface area contributed by atoms with Crippen LogP contribution < -0.4 is 10.1 Å². The van der Waals surface area contributed by atoms with Gasteiger partial charge >= 0.3 is 0 Å². The predicted molar refractivity (Wildman–Crippen MR) is 86.9 cm³/mol. The van der Waals surface area contributed by atoms with Gasteiger partial charge in [0.2, 0.25) is 0 Å². The van der Waals surface area contributed by atoms with E-state index in [9.17, 15) is 0 Å². The maximum Gasteiger partial charge on any atom is 0.121 e. The molecule has 0 atom stereocenters. The molecule has 0 unspecified atom stereocenters. The fraction of sp³-hybridized carbons (Fsp3) is 0.200. The fourth-order valence-electron chi connectivity index (χ4n) is 1.78. The van der Waals surface area contributed by atoms with Crippen LogP contribution in [0.1, 0.15) is 11.1 Å². The number of nitrogens with one attached hydrogen (secondary N) is 1. The van der Waals surface area contributed by atoms with Crippen LogP contribution in [0.5, 0.6) is 5.75 Å². The first-order valence-electron chi connectivity index (χ1n) is 5.92. The summed E-state index contributed by atoms with van der Waals surface area (Å²) in [5.74, 6) is 0.845. The lowest BCUT2D eigenvalue weighted by atomic mass is 10.1. The molecule has 2 aromatic carbocycles. The zero-order valence-corrected chi connectivity index (χ0v) is 14.0. The molecule has 0 saturated heterocycles. The number of ether oxygens (including phenoxy) is 1. The minimum atomic E-state index is 0.778. The lowest BCUT2D eigenvalue weighted by molar-refractivity contribution is 0.415. The molecule has 0 aliphatic carbocycles. The van der Waals surface area contributed by atoms with E-state index in [4.69, 9.17) is 4.74 Å². The second kappa shape index (κ2) is 6.44. The van der Waals surface area contributed by atoms with Crippen LogP contribution in [0.3, 0.4) is 0 Å². The molecule has 0 amide bonds. The Morgan fingerprint density at radius 3 is 2.47 bits per heavy atom. The summed E-state index contributed by atoms with van der Waals surface area (Å²) in [5.41, 5.74) is 3.51. The van der Waals surface area contributed by atoms with E-state index >= 15 is 0 Å². The van der Waals surface area contributed by atoms with Gasteiger partial charge in [0.15, 0.2) is 0 Å². The van der Waals surface area contributed by atoms with Gasteiger partial charge in [-0.3, -0.25) is 0 Å². The van der Waals surface area contributed by atoms with E-state index in [-0.39, 0.29) is 0 Å². The summed E-state index contributed by atoms with van der Waals surface area (Å²) in [7, 11) is 1.67. The van der Waals surface area contributed by atoms with Gasteiger partial charge in [0.25, 0.3) is 0 Å². The molecule has 0 fully saturated rings. The van der Waals surface area contributed by atoms with Crippen molar-refractivity contribution in [2.75, 3.05) is 12.4 Å². The normalized spacial score (nSPS) is 10.3. The summed E-state index contributed by atoms with van der Waals surface area (Å²) >= 11 is 7.05. The summed E-state index contributed by atoms with van der Waals surface area (Å²) in [6, 6.07) is 12.2. The van der Waals surface area contributed by atoms with E-state index < -0.39 is 0 Å². The van der Waals surface area contributed by atoms with Crippen LogP contribution in [0.15, 0.2) is 45.3 Å². The first-order chi connectivity index (χ1) is 9.10. The van der Waals surface area contributed by atoms with Gasteiger partial charge in [0.05, 0.1) is 12.8 Å². The molecule has 0 spiro atoms. The third-order valence-corrected chi connectivity index (χ3v) is 4.46. The fourth-order valence-corrected chi connectivity index (χ4v) is 2.41. The van der Waals surface area contributed by atoms with Crippen molar-refractivity contribution in [1.82, 2.24) is 0 Å². The Morgan fingerprint density at radius 2 is 1.79 bits per heavy atom. The number of benzene rings is 2. The van der Waals surface area contributed by atoms with Crippen molar-refractivity contribution in [3.63, 3.8) is 0 Å². The van der Waals surface area contributed by atoms with Gasteiger partial charge in [-0.25, -0.2) is 0 Å². The van der Waals surface area contributed by atoms with E-state index in [2.05, 4.69) is 62.3 Å².